The number of hydrogen-bond acceptors (Lipinski definition) is 6. The van der Waals surface area contributed by atoms with Gasteiger partial charge in [-0.25, -0.2) is 9.78 Å². The van der Waals surface area contributed by atoms with E-state index in [9.17, 15) is 9.59 Å². The molecule has 0 unspecified atom stereocenters. The Bertz CT molecular complexity index is 865. The van der Waals surface area contributed by atoms with Gasteiger partial charge in [0, 0.05) is 12.4 Å². The first kappa shape index (κ1) is 16.4. The van der Waals surface area contributed by atoms with E-state index in [0.717, 1.165) is 17.0 Å². The van der Waals surface area contributed by atoms with Gasteiger partial charge < -0.3 is 9.30 Å². The van der Waals surface area contributed by atoms with Crippen LogP contribution in [-0.2, 0) is 4.74 Å². The summed E-state index contributed by atoms with van der Waals surface area (Å²) in [6.07, 6.45) is 3.76. The second-order valence-corrected chi connectivity index (χ2v) is 6.75. The van der Waals surface area contributed by atoms with Crippen LogP contribution in [0.25, 0.3) is 5.69 Å². The molecule has 8 heteroatoms. The van der Waals surface area contributed by atoms with Gasteiger partial charge in [-0.05, 0) is 37.4 Å². The summed E-state index contributed by atoms with van der Waals surface area (Å²) in [5.74, 6) is -0.671. The summed E-state index contributed by atoms with van der Waals surface area (Å²) >= 11 is 2.47. The molecule has 1 amide bonds. The molecule has 3 heterocycles. The van der Waals surface area contributed by atoms with Crippen molar-refractivity contribution < 1.29 is 14.3 Å². The predicted molar refractivity (Wildman–Crippen MR) is 94.4 cm³/mol. The maximum Gasteiger partial charge on any atom is 0.350 e. The van der Waals surface area contributed by atoms with E-state index < -0.39 is 5.97 Å². The average Bonchev–Trinajstić information content (AvgIpc) is 3.27. The van der Waals surface area contributed by atoms with E-state index in [2.05, 4.69) is 10.3 Å². The highest BCUT2D eigenvalue weighted by Crippen LogP contribution is 2.26. The molecule has 124 valence electrons. The minimum absolute atomic E-state index is 0.252. The maximum absolute atomic E-state index is 12.5. The molecule has 3 rings (SSSR count). The van der Waals surface area contributed by atoms with Gasteiger partial charge in [0.05, 0.1) is 18.0 Å². The SMILES string of the molecule is CCOC(=O)c1sc(NC(=O)c2sccc2-n2cccc2)nc1C. The molecule has 0 fully saturated rings. The van der Waals surface area contributed by atoms with Crippen molar-refractivity contribution in [1.29, 1.82) is 0 Å². The average molecular weight is 361 g/mol. The first-order valence-electron chi connectivity index (χ1n) is 7.27. The topological polar surface area (TPSA) is 73.2 Å². The van der Waals surface area contributed by atoms with Crippen molar-refractivity contribution >= 4 is 39.7 Å². The Hall–Kier alpha value is -2.45. The van der Waals surface area contributed by atoms with Crippen LogP contribution in [0.5, 0.6) is 0 Å². The van der Waals surface area contributed by atoms with Crippen LogP contribution < -0.4 is 5.32 Å². The lowest BCUT2D eigenvalue weighted by molar-refractivity contribution is 0.0531. The Morgan fingerprint density at radius 1 is 1.29 bits per heavy atom. The monoisotopic (exact) mass is 361 g/mol. The second-order valence-electron chi connectivity index (χ2n) is 4.83. The number of amides is 1. The van der Waals surface area contributed by atoms with Crippen LogP contribution in [0.15, 0.2) is 36.0 Å². The smallest absolute Gasteiger partial charge is 0.350 e. The van der Waals surface area contributed by atoms with Gasteiger partial charge in [-0.3, -0.25) is 10.1 Å². The molecule has 1 N–H and O–H groups in total. The molecular weight excluding hydrogens is 346 g/mol. The molecule has 3 aromatic rings. The number of ether oxygens (including phenoxy) is 1. The van der Waals surface area contributed by atoms with Crippen molar-refractivity contribution in [2.45, 2.75) is 13.8 Å². The molecule has 0 aliphatic rings. The summed E-state index contributed by atoms with van der Waals surface area (Å²) in [6.45, 7) is 3.76. The van der Waals surface area contributed by atoms with Crippen molar-refractivity contribution in [3.8, 4) is 5.69 Å². The third-order valence-electron chi connectivity index (χ3n) is 3.21. The lowest BCUT2D eigenvalue weighted by Crippen LogP contribution is -2.12. The van der Waals surface area contributed by atoms with E-state index >= 15 is 0 Å². The Morgan fingerprint density at radius 3 is 2.75 bits per heavy atom. The van der Waals surface area contributed by atoms with Gasteiger partial charge in [0.1, 0.15) is 9.75 Å². The van der Waals surface area contributed by atoms with Crippen molar-refractivity contribution in [2.24, 2.45) is 0 Å². The first-order valence-corrected chi connectivity index (χ1v) is 8.96. The summed E-state index contributed by atoms with van der Waals surface area (Å²) in [5, 5.41) is 5.01. The molecule has 3 aromatic heterocycles. The number of anilines is 1. The number of aryl methyl sites for hydroxylation is 1. The van der Waals surface area contributed by atoms with Gasteiger partial charge in [-0.1, -0.05) is 11.3 Å². The highest BCUT2D eigenvalue weighted by Gasteiger charge is 2.20. The number of rotatable bonds is 5. The largest absolute Gasteiger partial charge is 0.462 e. The molecule has 0 saturated carbocycles. The van der Waals surface area contributed by atoms with Crippen LogP contribution in [0.2, 0.25) is 0 Å². The molecule has 0 aromatic carbocycles. The molecule has 0 radical (unpaired) electrons. The second kappa shape index (κ2) is 6.98. The number of nitrogens with one attached hydrogen (secondary N) is 1. The van der Waals surface area contributed by atoms with Crippen molar-refractivity contribution in [1.82, 2.24) is 9.55 Å². The number of hydrogen-bond donors (Lipinski definition) is 1. The Labute approximate surface area is 146 Å². The third kappa shape index (κ3) is 3.24. The predicted octanol–water partition coefficient (Wildman–Crippen LogP) is 3.73. The van der Waals surface area contributed by atoms with Crippen molar-refractivity contribution in [3.05, 3.63) is 51.4 Å². The zero-order chi connectivity index (χ0) is 17.1. The Morgan fingerprint density at radius 2 is 2.04 bits per heavy atom. The number of carbonyl (C=O) groups is 2. The molecule has 0 bridgehead atoms. The fourth-order valence-electron chi connectivity index (χ4n) is 2.16. The van der Waals surface area contributed by atoms with Gasteiger partial charge in [0.15, 0.2) is 5.13 Å². The van der Waals surface area contributed by atoms with Gasteiger partial charge >= 0.3 is 5.97 Å². The van der Waals surface area contributed by atoms with E-state index in [4.69, 9.17) is 4.74 Å². The summed E-state index contributed by atoms with van der Waals surface area (Å²) in [6, 6.07) is 5.68. The highest BCUT2D eigenvalue weighted by atomic mass is 32.1. The quantitative estimate of drug-likeness (QED) is 0.703. The molecule has 0 aliphatic carbocycles. The lowest BCUT2D eigenvalue weighted by Gasteiger charge is -2.04. The Kier molecular flexibility index (Phi) is 4.77. The van der Waals surface area contributed by atoms with E-state index in [1.807, 2.05) is 40.5 Å². The minimum Gasteiger partial charge on any atom is -0.462 e. The normalized spacial score (nSPS) is 10.6. The number of carbonyl (C=O) groups excluding carboxylic acids is 2. The van der Waals surface area contributed by atoms with Gasteiger partial charge in [0.25, 0.3) is 5.91 Å². The maximum atomic E-state index is 12.5. The molecular formula is C16H15N3O3S2. The van der Waals surface area contributed by atoms with Crippen LogP contribution in [0.1, 0.15) is 32.0 Å². The standard InChI is InChI=1S/C16H15N3O3S2/c1-3-22-15(21)12-10(2)17-16(24-12)18-14(20)13-11(6-9-23-13)19-7-4-5-8-19/h4-9H,3H2,1-2H3,(H,17,18,20). The molecule has 6 nitrogen and oxygen atoms in total. The zero-order valence-corrected chi connectivity index (χ0v) is 14.7. The first-order chi connectivity index (χ1) is 11.6. The summed E-state index contributed by atoms with van der Waals surface area (Å²) in [7, 11) is 0. The van der Waals surface area contributed by atoms with Gasteiger partial charge in [-0.15, -0.1) is 11.3 Å². The number of aromatic nitrogens is 2. The summed E-state index contributed by atoms with van der Waals surface area (Å²) in [5.41, 5.74) is 1.35. The van der Waals surface area contributed by atoms with E-state index in [-0.39, 0.29) is 5.91 Å². The molecule has 0 aliphatic heterocycles. The molecule has 0 spiro atoms. The zero-order valence-electron chi connectivity index (χ0n) is 13.1. The summed E-state index contributed by atoms with van der Waals surface area (Å²) in [4.78, 5) is 29.6. The van der Waals surface area contributed by atoms with Crippen LogP contribution in [0, 0.1) is 6.92 Å². The number of esters is 1. The van der Waals surface area contributed by atoms with Crippen LogP contribution >= 0.6 is 22.7 Å². The molecule has 0 atom stereocenters. The van der Waals surface area contributed by atoms with Crippen LogP contribution in [0.3, 0.4) is 0 Å². The van der Waals surface area contributed by atoms with Gasteiger partial charge in [-0.2, -0.15) is 0 Å². The van der Waals surface area contributed by atoms with E-state index in [1.165, 1.54) is 11.3 Å². The highest BCUT2D eigenvalue weighted by molar-refractivity contribution is 7.18. The number of nitrogens with zero attached hydrogens (tertiary/aromatic N) is 2. The fraction of sp³-hybridized carbons (Fsp3) is 0.188. The van der Waals surface area contributed by atoms with Crippen molar-refractivity contribution in [3.63, 3.8) is 0 Å². The van der Waals surface area contributed by atoms with Crippen LogP contribution in [-0.4, -0.2) is 28.0 Å². The number of thiophene rings is 1. The lowest BCUT2D eigenvalue weighted by atomic mass is 10.3. The molecule has 0 saturated heterocycles. The van der Waals surface area contributed by atoms with Crippen LogP contribution in [0.4, 0.5) is 5.13 Å². The van der Waals surface area contributed by atoms with E-state index in [1.54, 1.807) is 13.8 Å². The third-order valence-corrected chi connectivity index (χ3v) is 5.17. The molecule has 24 heavy (non-hydrogen) atoms. The minimum atomic E-state index is -0.419. The van der Waals surface area contributed by atoms with E-state index in [0.29, 0.717) is 27.2 Å². The number of thiazole rings is 1. The van der Waals surface area contributed by atoms with Crippen molar-refractivity contribution in [2.75, 3.05) is 11.9 Å². The fourth-order valence-corrected chi connectivity index (χ4v) is 3.80. The van der Waals surface area contributed by atoms with Gasteiger partial charge in [0.2, 0.25) is 0 Å². The summed E-state index contributed by atoms with van der Waals surface area (Å²) < 4.78 is 6.86. The Balaban J connectivity index is 1.80.